The van der Waals surface area contributed by atoms with Crippen LogP contribution in [-0.4, -0.2) is 19.5 Å². The Balaban J connectivity index is 1.16. The molecule has 3 heterocycles. The summed E-state index contributed by atoms with van der Waals surface area (Å²) < 4.78 is 8.84. The molecule has 5 nitrogen and oxygen atoms in total. The molecule has 0 atom stereocenters. The second-order valence-corrected chi connectivity index (χ2v) is 12.7. The Morgan fingerprint density at radius 2 is 1.14 bits per heavy atom. The highest BCUT2D eigenvalue weighted by Crippen LogP contribution is 2.40. The van der Waals surface area contributed by atoms with Crippen molar-refractivity contribution in [3.63, 3.8) is 0 Å². The normalized spacial score (nSPS) is 13.1. The number of para-hydroxylation sites is 1. The van der Waals surface area contributed by atoms with E-state index in [-0.39, 0.29) is 0 Å². The van der Waals surface area contributed by atoms with Crippen molar-refractivity contribution in [2.45, 2.75) is 12.8 Å². The van der Waals surface area contributed by atoms with Gasteiger partial charge in [0, 0.05) is 43.9 Å². The standard InChI is InChI=1S/C45H30N4O/c1-4-13-29(14-5-1)43-46-44(30-15-6-2-7-16-30)48-45(47-43)35-20-12-22-41-42(35)37-28-32(24-26-40(37)50-41)31-23-25-39-36(27-31)34-19-10-11-21-38(34)49(39)33-17-8-3-9-18-33/h1-2,4-8,10-28H,3,9H2. The molecule has 0 amide bonds. The summed E-state index contributed by atoms with van der Waals surface area (Å²) in [6.45, 7) is 0. The molecule has 5 heteroatoms. The van der Waals surface area contributed by atoms with Crippen molar-refractivity contribution in [1.82, 2.24) is 19.5 Å². The van der Waals surface area contributed by atoms with Crippen LogP contribution in [0.1, 0.15) is 12.8 Å². The van der Waals surface area contributed by atoms with Crippen LogP contribution in [0.3, 0.4) is 0 Å². The fraction of sp³-hybridized carbons (Fsp3) is 0.0444. The monoisotopic (exact) mass is 642 g/mol. The van der Waals surface area contributed by atoms with Crippen LogP contribution in [0.5, 0.6) is 0 Å². The van der Waals surface area contributed by atoms with Gasteiger partial charge >= 0.3 is 0 Å². The second kappa shape index (κ2) is 11.5. The Morgan fingerprint density at radius 1 is 0.480 bits per heavy atom. The van der Waals surface area contributed by atoms with Gasteiger partial charge in [0.15, 0.2) is 17.5 Å². The second-order valence-electron chi connectivity index (χ2n) is 12.7. The number of benzene rings is 6. The van der Waals surface area contributed by atoms with Crippen LogP contribution in [0, 0.1) is 0 Å². The summed E-state index contributed by atoms with van der Waals surface area (Å²) >= 11 is 0. The molecule has 0 bridgehead atoms. The molecule has 0 unspecified atom stereocenters. The van der Waals surface area contributed by atoms with Crippen LogP contribution in [0.4, 0.5) is 0 Å². The Bertz CT molecular complexity index is 2750. The molecule has 0 N–H and O–H groups in total. The summed E-state index contributed by atoms with van der Waals surface area (Å²) in [6.07, 6.45) is 9.01. The average Bonchev–Trinajstić information content (AvgIpc) is 3.74. The van der Waals surface area contributed by atoms with Crippen molar-refractivity contribution in [2.24, 2.45) is 0 Å². The summed E-state index contributed by atoms with van der Waals surface area (Å²) in [6, 6.07) is 48.3. The van der Waals surface area contributed by atoms with E-state index in [1.54, 1.807) is 0 Å². The minimum absolute atomic E-state index is 0.608. The van der Waals surface area contributed by atoms with Crippen molar-refractivity contribution in [2.75, 3.05) is 0 Å². The third-order valence-corrected chi connectivity index (χ3v) is 9.67. The minimum Gasteiger partial charge on any atom is -0.456 e. The first-order valence-corrected chi connectivity index (χ1v) is 17.0. The quantitative estimate of drug-likeness (QED) is 0.187. The number of nitrogens with zero attached hydrogens (tertiary/aromatic N) is 4. The average molecular weight is 643 g/mol. The number of aromatic nitrogens is 4. The van der Waals surface area contributed by atoms with Crippen molar-refractivity contribution in [1.29, 1.82) is 0 Å². The van der Waals surface area contributed by atoms with E-state index in [9.17, 15) is 0 Å². The molecule has 6 aromatic carbocycles. The van der Waals surface area contributed by atoms with E-state index in [2.05, 4.69) is 89.5 Å². The van der Waals surface area contributed by atoms with Gasteiger partial charge in [-0.3, -0.25) is 0 Å². The van der Waals surface area contributed by atoms with Crippen LogP contribution in [0.25, 0.3) is 94.7 Å². The van der Waals surface area contributed by atoms with Gasteiger partial charge in [-0.05, 0) is 66.4 Å². The predicted molar refractivity (Wildman–Crippen MR) is 204 cm³/mol. The lowest BCUT2D eigenvalue weighted by Gasteiger charge is -2.12. The smallest absolute Gasteiger partial charge is 0.164 e. The van der Waals surface area contributed by atoms with Crippen LogP contribution < -0.4 is 0 Å². The highest BCUT2D eigenvalue weighted by molar-refractivity contribution is 6.14. The highest BCUT2D eigenvalue weighted by Gasteiger charge is 2.19. The highest BCUT2D eigenvalue weighted by atomic mass is 16.3. The number of hydrogen-bond donors (Lipinski definition) is 0. The molecule has 0 saturated heterocycles. The first-order chi connectivity index (χ1) is 24.8. The van der Waals surface area contributed by atoms with Gasteiger partial charge in [-0.1, -0.05) is 115 Å². The van der Waals surface area contributed by atoms with Crippen molar-refractivity contribution in [3.05, 3.63) is 158 Å². The Kier molecular flexibility index (Phi) is 6.56. The maximum atomic E-state index is 6.45. The summed E-state index contributed by atoms with van der Waals surface area (Å²) in [5.74, 6) is 1.87. The van der Waals surface area contributed by atoms with Gasteiger partial charge in [0.25, 0.3) is 0 Å². The Labute approximate surface area is 288 Å². The van der Waals surface area contributed by atoms with Crippen LogP contribution in [0.2, 0.25) is 0 Å². The van der Waals surface area contributed by atoms with E-state index < -0.39 is 0 Å². The summed E-state index contributed by atoms with van der Waals surface area (Å²) in [4.78, 5) is 15.0. The van der Waals surface area contributed by atoms with Crippen molar-refractivity contribution < 1.29 is 4.42 Å². The molecule has 236 valence electrons. The first-order valence-electron chi connectivity index (χ1n) is 17.0. The molecule has 0 spiro atoms. The molecule has 50 heavy (non-hydrogen) atoms. The summed E-state index contributed by atoms with van der Waals surface area (Å²) in [5, 5.41) is 4.50. The first kappa shape index (κ1) is 28.4. The fourth-order valence-electron chi connectivity index (χ4n) is 7.32. The van der Waals surface area contributed by atoms with Gasteiger partial charge in [-0.25, -0.2) is 15.0 Å². The Hall–Kier alpha value is -6.59. The number of rotatable bonds is 5. The van der Waals surface area contributed by atoms with E-state index in [1.165, 1.54) is 27.5 Å². The van der Waals surface area contributed by atoms with Crippen LogP contribution >= 0.6 is 0 Å². The van der Waals surface area contributed by atoms with Crippen LogP contribution in [-0.2, 0) is 0 Å². The molecule has 1 aliphatic rings. The third kappa shape index (κ3) is 4.66. The minimum atomic E-state index is 0.608. The number of allylic oxidation sites excluding steroid dienone is 4. The molecule has 0 saturated carbocycles. The van der Waals surface area contributed by atoms with Gasteiger partial charge in [0.05, 0.1) is 11.0 Å². The maximum absolute atomic E-state index is 6.45. The molecule has 0 radical (unpaired) electrons. The van der Waals surface area contributed by atoms with Crippen molar-refractivity contribution in [3.8, 4) is 45.3 Å². The molecule has 3 aromatic heterocycles. The van der Waals surface area contributed by atoms with E-state index >= 15 is 0 Å². The molecule has 1 aliphatic carbocycles. The summed E-state index contributed by atoms with van der Waals surface area (Å²) in [7, 11) is 0. The van der Waals surface area contributed by atoms with E-state index in [0.717, 1.165) is 62.6 Å². The Morgan fingerprint density at radius 3 is 1.88 bits per heavy atom. The van der Waals surface area contributed by atoms with E-state index in [0.29, 0.717) is 17.5 Å². The van der Waals surface area contributed by atoms with E-state index in [4.69, 9.17) is 19.4 Å². The summed E-state index contributed by atoms with van der Waals surface area (Å²) in [5.41, 5.74) is 10.3. The van der Waals surface area contributed by atoms with Gasteiger partial charge < -0.3 is 8.98 Å². The molecule has 10 rings (SSSR count). The zero-order valence-corrected chi connectivity index (χ0v) is 27.1. The fourth-order valence-corrected chi connectivity index (χ4v) is 7.32. The maximum Gasteiger partial charge on any atom is 0.164 e. The lowest BCUT2D eigenvalue weighted by atomic mass is 9.99. The lowest BCUT2D eigenvalue weighted by Crippen LogP contribution is -2.00. The molecule has 0 fully saturated rings. The van der Waals surface area contributed by atoms with E-state index in [1.807, 2.05) is 72.8 Å². The number of fused-ring (bicyclic) bond motifs is 6. The van der Waals surface area contributed by atoms with Gasteiger partial charge in [0.1, 0.15) is 11.2 Å². The predicted octanol–water partition coefficient (Wildman–Crippen LogP) is 11.7. The van der Waals surface area contributed by atoms with Crippen LogP contribution in [0.15, 0.2) is 162 Å². The lowest BCUT2D eigenvalue weighted by molar-refractivity contribution is 0.669. The largest absolute Gasteiger partial charge is 0.456 e. The van der Waals surface area contributed by atoms with Crippen molar-refractivity contribution >= 4 is 49.4 Å². The molecular formula is C45H30N4O. The number of furan rings is 1. The van der Waals surface area contributed by atoms with Gasteiger partial charge in [-0.2, -0.15) is 0 Å². The topological polar surface area (TPSA) is 56.7 Å². The van der Waals surface area contributed by atoms with Gasteiger partial charge in [-0.15, -0.1) is 0 Å². The zero-order valence-electron chi connectivity index (χ0n) is 27.1. The molecule has 0 aliphatic heterocycles. The third-order valence-electron chi connectivity index (χ3n) is 9.67. The molecule has 9 aromatic rings. The SMILES string of the molecule is C1=CC(n2c3ccccc3c3cc(-c4ccc5oc6cccc(-c7nc(-c8ccccc8)nc(-c8ccccc8)n7)c6c5c4)ccc32)=CCC1. The molecular weight excluding hydrogens is 613 g/mol. The number of hydrogen-bond acceptors (Lipinski definition) is 4. The van der Waals surface area contributed by atoms with Gasteiger partial charge in [0.2, 0.25) is 0 Å². The zero-order chi connectivity index (χ0) is 33.0.